The summed E-state index contributed by atoms with van der Waals surface area (Å²) in [6.45, 7) is 6.27. The number of aromatic nitrogens is 3. The summed E-state index contributed by atoms with van der Waals surface area (Å²) in [6, 6.07) is 8.50. The molecule has 3 heterocycles. The van der Waals surface area contributed by atoms with Gasteiger partial charge < -0.3 is 9.47 Å². The van der Waals surface area contributed by atoms with Crippen molar-refractivity contribution in [3.8, 4) is 5.69 Å². The number of hydrogen-bond donors (Lipinski definition) is 1. The molecule has 2 aromatic heterocycles. The third-order valence-corrected chi connectivity index (χ3v) is 4.59. The van der Waals surface area contributed by atoms with Gasteiger partial charge in [-0.3, -0.25) is 4.79 Å². The van der Waals surface area contributed by atoms with Crippen LogP contribution >= 0.6 is 0 Å². The van der Waals surface area contributed by atoms with Crippen LogP contribution in [0.4, 0.5) is 5.69 Å². The minimum absolute atomic E-state index is 0.129. The Balaban J connectivity index is 1.94. The summed E-state index contributed by atoms with van der Waals surface area (Å²) in [7, 11) is 0. The van der Waals surface area contributed by atoms with Crippen LogP contribution < -0.4 is 10.5 Å². The van der Waals surface area contributed by atoms with Crippen molar-refractivity contribution in [3.05, 3.63) is 52.2 Å². The molecule has 0 aliphatic carbocycles. The largest absolute Gasteiger partial charge is 0.371 e. The van der Waals surface area contributed by atoms with E-state index in [4.69, 9.17) is 0 Å². The molecule has 0 spiro atoms. The molecule has 4 rings (SSSR count). The predicted molar refractivity (Wildman–Crippen MR) is 88.0 cm³/mol. The number of anilines is 1. The molecule has 0 saturated carbocycles. The topological polar surface area (TPSA) is 53.9 Å². The molecular weight excluding hydrogens is 276 g/mol. The lowest BCUT2D eigenvalue weighted by Crippen LogP contribution is -2.36. The number of nitrogens with zero attached hydrogens (tertiary/aromatic N) is 3. The number of fused-ring (bicyclic) bond motifs is 1. The van der Waals surface area contributed by atoms with Crippen molar-refractivity contribution >= 4 is 16.5 Å². The maximum atomic E-state index is 12.1. The number of aryl methyl sites for hydroxylation is 2. The quantitative estimate of drug-likeness (QED) is 0.790. The summed E-state index contributed by atoms with van der Waals surface area (Å²) < 4.78 is 2.14. The van der Waals surface area contributed by atoms with Crippen LogP contribution in [0.2, 0.25) is 0 Å². The van der Waals surface area contributed by atoms with Gasteiger partial charge in [-0.2, -0.15) is 5.10 Å². The van der Waals surface area contributed by atoms with Gasteiger partial charge in [0, 0.05) is 41.2 Å². The van der Waals surface area contributed by atoms with Crippen LogP contribution in [-0.4, -0.2) is 27.9 Å². The summed E-state index contributed by atoms with van der Waals surface area (Å²) in [5.41, 5.74) is 4.21. The Morgan fingerprint density at radius 1 is 1.14 bits per heavy atom. The molecule has 112 valence electrons. The zero-order valence-corrected chi connectivity index (χ0v) is 12.8. The Morgan fingerprint density at radius 2 is 1.91 bits per heavy atom. The highest BCUT2D eigenvalue weighted by Gasteiger charge is 2.18. The van der Waals surface area contributed by atoms with Crippen molar-refractivity contribution in [2.24, 2.45) is 0 Å². The maximum Gasteiger partial charge on any atom is 0.273 e. The minimum atomic E-state index is -0.129. The predicted octanol–water partition coefficient (Wildman–Crippen LogP) is 2.54. The van der Waals surface area contributed by atoms with Crippen molar-refractivity contribution in [2.75, 3.05) is 18.0 Å². The van der Waals surface area contributed by atoms with Crippen molar-refractivity contribution in [3.63, 3.8) is 0 Å². The second-order valence-corrected chi connectivity index (χ2v) is 5.85. The Morgan fingerprint density at radius 3 is 2.59 bits per heavy atom. The molecule has 1 aliphatic heterocycles. The molecule has 0 atom stereocenters. The van der Waals surface area contributed by atoms with Crippen molar-refractivity contribution in [1.82, 2.24) is 14.8 Å². The van der Waals surface area contributed by atoms with Gasteiger partial charge >= 0.3 is 0 Å². The van der Waals surface area contributed by atoms with E-state index in [2.05, 4.69) is 43.9 Å². The van der Waals surface area contributed by atoms with Crippen molar-refractivity contribution in [1.29, 1.82) is 0 Å². The summed E-state index contributed by atoms with van der Waals surface area (Å²) in [6.07, 6.45) is 2.99. The Hall–Kier alpha value is -2.56. The third kappa shape index (κ3) is 1.78. The van der Waals surface area contributed by atoms with E-state index in [9.17, 15) is 4.79 Å². The summed E-state index contributed by atoms with van der Waals surface area (Å²) >= 11 is 0. The molecule has 1 N–H and O–H groups in total. The van der Waals surface area contributed by atoms with Crippen molar-refractivity contribution in [2.45, 2.75) is 20.3 Å². The van der Waals surface area contributed by atoms with Gasteiger partial charge in [0.1, 0.15) is 0 Å². The fraction of sp³-hybridized carbons (Fsp3) is 0.294. The highest BCUT2D eigenvalue weighted by Crippen LogP contribution is 2.28. The van der Waals surface area contributed by atoms with Gasteiger partial charge in [-0.1, -0.05) is 6.07 Å². The van der Waals surface area contributed by atoms with Gasteiger partial charge in [-0.25, -0.2) is 5.10 Å². The zero-order chi connectivity index (χ0) is 15.3. The van der Waals surface area contributed by atoms with Crippen LogP contribution in [0.1, 0.15) is 17.8 Å². The molecule has 0 unspecified atom stereocenters. The van der Waals surface area contributed by atoms with Crippen LogP contribution in [0.15, 0.2) is 35.3 Å². The average molecular weight is 294 g/mol. The van der Waals surface area contributed by atoms with Gasteiger partial charge in [0.25, 0.3) is 5.56 Å². The zero-order valence-electron chi connectivity index (χ0n) is 12.8. The number of hydrogen-bond acceptors (Lipinski definition) is 3. The molecule has 0 bridgehead atoms. The molecule has 1 aromatic carbocycles. The average Bonchev–Trinajstić information content (AvgIpc) is 2.70. The summed E-state index contributed by atoms with van der Waals surface area (Å²) in [5.74, 6) is 0. The molecular formula is C17H18N4O. The first-order valence-corrected chi connectivity index (χ1v) is 7.57. The van der Waals surface area contributed by atoms with Crippen molar-refractivity contribution < 1.29 is 0 Å². The van der Waals surface area contributed by atoms with Crippen LogP contribution in [0, 0.1) is 13.8 Å². The molecule has 3 aromatic rings. The standard InChI is InChI=1S/C17H18N4O/c1-11-15-10-18-19-17(22)16(15)12(2)21(11)14-6-3-5-13(9-14)20-7-4-8-20/h3,5-6,9-10H,4,7-8H2,1-2H3,(H,19,22). The molecule has 1 fully saturated rings. The van der Waals surface area contributed by atoms with Crippen LogP contribution in [0.3, 0.4) is 0 Å². The molecule has 22 heavy (non-hydrogen) atoms. The van der Waals surface area contributed by atoms with Gasteiger partial charge in [-0.05, 0) is 38.5 Å². The van der Waals surface area contributed by atoms with Gasteiger partial charge in [0.05, 0.1) is 11.6 Å². The third-order valence-electron chi connectivity index (χ3n) is 4.59. The highest BCUT2D eigenvalue weighted by atomic mass is 16.1. The molecule has 5 heteroatoms. The molecule has 1 saturated heterocycles. The lowest BCUT2D eigenvalue weighted by atomic mass is 10.1. The van der Waals surface area contributed by atoms with E-state index in [-0.39, 0.29) is 5.56 Å². The second kappa shape index (κ2) is 4.73. The number of nitrogens with one attached hydrogen (secondary N) is 1. The highest BCUT2D eigenvalue weighted by molar-refractivity contribution is 5.87. The Kier molecular flexibility index (Phi) is 2.82. The lowest BCUT2D eigenvalue weighted by molar-refractivity contribution is 0.617. The lowest BCUT2D eigenvalue weighted by Gasteiger charge is -2.33. The Labute approximate surface area is 128 Å². The van der Waals surface area contributed by atoms with E-state index in [1.54, 1.807) is 6.20 Å². The normalized spacial score (nSPS) is 14.4. The molecule has 5 nitrogen and oxygen atoms in total. The SMILES string of the molecule is Cc1c2cn[nH]c(=O)c2c(C)n1-c1cccc(N2CCC2)c1. The first-order chi connectivity index (χ1) is 10.7. The van der Waals surface area contributed by atoms with Crippen LogP contribution in [0.25, 0.3) is 16.5 Å². The van der Waals surface area contributed by atoms with Crippen LogP contribution in [-0.2, 0) is 0 Å². The number of aromatic amines is 1. The fourth-order valence-corrected chi connectivity index (χ4v) is 3.31. The van der Waals surface area contributed by atoms with E-state index in [0.29, 0.717) is 0 Å². The number of H-pyrrole nitrogens is 1. The monoisotopic (exact) mass is 294 g/mol. The second-order valence-electron chi connectivity index (χ2n) is 5.85. The van der Waals surface area contributed by atoms with Crippen LogP contribution in [0.5, 0.6) is 0 Å². The van der Waals surface area contributed by atoms with Gasteiger partial charge in [0.2, 0.25) is 0 Å². The Bertz CT molecular complexity index is 918. The molecule has 0 amide bonds. The maximum absolute atomic E-state index is 12.1. The molecule has 0 radical (unpaired) electrons. The smallest absolute Gasteiger partial charge is 0.273 e. The van der Waals surface area contributed by atoms with E-state index in [0.717, 1.165) is 40.9 Å². The fourth-order valence-electron chi connectivity index (χ4n) is 3.31. The van der Waals surface area contributed by atoms with E-state index >= 15 is 0 Å². The first kappa shape index (κ1) is 13.1. The van der Waals surface area contributed by atoms with E-state index < -0.39 is 0 Å². The molecule has 1 aliphatic rings. The minimum Gasteiger partial charge on any atom is -0.371 e. The van der Waals surface area contributed by atoms with Gasteiger partial charge in [-0.15, -0.1) is 0 Å². The van der Waals surface area contributed by atoms with Gasteiger partial charge in [0.15, 0.2) is 0 Å². The summed E-state index contributed by atoms with van der Waals surface area (Å²) in [4.78, 5) is 14.5. The number of benzene rings is 1. The number of rotatable bonds is 2. The van der Waals surface area contributed by atoms with E-state index in [1.807, 2.05) is 13.8 Å². The first-order valence-electron chi connectivity index (χ1n) is 7.57. The van der Waals surface area contributed by atoms with E-state index in [1.165, 1.54) is 12.1 Å². The summed E-state index contributed by atoms with van der Waals surface area (Å²) in [5, 5.41) is 8.09.